The van der Waals surface area contributed by atoms with E-state index >= 15 is 0 Å². The quantitative estimate of drug-likeness (QED) is 0.754. The first-order chi connectivity index (χ1) is 6.61. The van der Waals surface area contributed by atoms with Gasteiger partial charge in [0.2, 0.25) is 0 Å². The van der Waals surface area contributed by atoms with Crippen LogP contribution in [0.1, 0.15) is 5.56 Å². The third kappa shape index (κ3) is 2.77. The molecule has 0 saturated carbocycles. The topological polar surface area (TPSA) is 40.5 Å². The lowest BCUT2D eigenvalue weighted by atomic mass is 10.1. The number of carboxylic acid groups (broad SMARTS) is 1. The number of carbonyl (C=O) groups is 1. The SMILES string of the molecule is O=C(O)[C@H](Cc1ccccc1)N(F)F. The molecule has 1 atom stereocenters. The van der Waals surface area contributed by atoms with Crippen molar-refractivity contribution in [2.24, 2.45) is 0 Å². The maximum absolute atomic E-state index is 12.1. The summed E-state index contributed by atoms with van der Waals surface area (Å²) in [4.78, 5) is 10.4. The van der Waals surface area contributed by atoms with Crippen LogP contribution in [0.5, 0.6) is 0 Å². The first kappa shape index (κ1) is 10.6. The number of hydrogen-bond donors (Lipinski definition) is 1. The predicted octanol–water partition coefficient (Wildman–Crippen LogP) is 1.75. The molecule has 3 nitrogen and oxygen atoms in total. The van der Waals surface area contributed by atoms with E-state index in [1.54, 1.807) is 30.3 Å². The lowest BCUT2D eigenvalue weighted by Crippen LogP contribution is -2.32. The van der Waals surface area contributed by atoms with Gasteiger partial charge in [-0.3, -0.25) is 4.79 Å². The van der Waals surface area contributed by atoms with E-state index in [2.05, 4.69) is 0 Å². The molecule has 0 radical (unpaired) electrons. The number of carboxylic acids is 1. The summed E-state index contributed by atoms with van der Waals surface area (Å²) in [6.45, 7) is 0. The van der Waals surface area contributed by atoms with Crippen LogP contribution in [0.25, 0.3) is 0 Å². The molecule has 0 bridgehead atoms. The summed E-state index contributed by atoms with van der Waals surface area (Å²) < 4.78 is 24.2. The number of benzene rings is 1. The number of nitrogens with zero attached hydrogens (tertiary/aromatic N) is 1. The fourth-order valence-electron chi connectivity index (χ4n) is 1.08. The first-order valence-electron chi connectivity index (χ1n) is 3.99. The van der Waals surface area contributed by atoms with E-state index in [0.29, 0.717) is 5.56 Å². The molecule has 14 heavy (non-hydrogen) atoms. The monoisotopic (exact) mass is 201 g/mol. The summed E-state index contributed by atoms with van der Waals surface area (Å²) in [5.41, 5.74) is 0.570. The van der Waals surface area contributed by atoms with E-state index < -0.39 is 17.4 Å². The second-order valence-corrected chi connectivity index (χ2v) is 2.80. The van der Waals surface area contributed by atoms with E-state index in [4.69, 9.17) is 5.11 Å². The second kappa shape index (κ2) is 4.66. The van der Waals surface area contributed by atoms with Gasteiger partial charge in [-0.25, -0.2) is 0 Å². The molecular formula is C9H9F2NO2. The van der Waals surface area contributed by atoms with Gasteiger partial charge in [-0.15, -0.1) is 8.96 Å². The van der Waals surface area contributed by atoms with Crippen molar-refractivity contribution in [3.8, 4) is 0 Å². The van der Waals surface area contributed by atoms with Crippen molar-refractivity contribution >= 4 is 5.97 Å². The zero-order valence-electron chi connectivity index (χ0n) is 7.23. The van der Waals surface area contributed by atoms with Crippen LogP contribution in [-0.4, -0.2) is 22.5 Å². The molecule has 0 aromatic heterocycles. The molecule has 0 aliphatic heterocycles. The van der Waals surface area contributed by atoms with Gasteiger partial charge in [0.15, 0.2) is 6.04 Å². The van der Waals surface area contributed by atoms with Crippen LogP contribution in [0.3, 0.4) is 0 Å². The molecule has 1 aromatic rings. The Morgan fingerprint density at radius 3 is 2.36 bits per heavy atom. The van der Waals surface area contributed by atoms with Gasteiger partial charge in [-0.1, -0.05) is 30.3 Å². The van der Waals surface area contributed by atoms with Crippen LogP contribution in [0.15, 0.2) is 30.3 Å². The van der Waals surface area contributed by atoms with Gasteiger partial charge in [0.05, 0.1) is 0 Å². The molecule has 0 aliphatic carbocycles. The Bertz CT molecular complexity index is 303. The average Bonchev–Trinajstić information content (AvgIpc) is 2.15. The summed E-state index contributed by atoms with van der Waals surface area (Å²) in [5.74, 6) is -1.53. The third-order valence-electron chi connectivity index (χ3n) is 1.79. The third-order valence-corrected chi connectivity index (χ3v) is 1.79. The average molecular weight is 201 g/mol. The van der Waals surface area contributed by atoms with Crippen molar-refractivity contribution in [2.45, 2.75) is 12.5 Å². The van der Waals surface area contributed by atoms with Gasteiger partial charge < -0.3 is 5.11 Å². The van der Waals surface area contributed by atoms with Gasteiger partial charge in [0, 0.05) is 11.8 Å². The molecule has 1 aromatic carbocycles. The van der Waals surface area contributed by atoms with Crippen LogP contribution in [0, 0.1) is 0 Å². The Labute approximate surface area is 79.4 Å². The fraction of sp³-hybridized carbons (Fsp3) is 0.222. The summed E-state index contributed by atoms with van der Waals surface area (Å²) in [6.07, 6.45) is -0.205. The predicted molar refractivity (Wildman–Crippen MR) is 45.6 cm³/mol. The summed E-state index contributed by atoms with van der Waals surface area (Å²) in [5, 5.41) is 7.20. The van der Waals surface area contributed by atoms with Crippen molar-refractivity contribution in [3.05, 3.63) is 35.9 Å². The molecular weight excluding hydrogens is 192 g/mol. The second-order valence-electron chi connectivity index (χ2n) is 2.80. The van der Waals surface area contributed by atoms with Crippen LogP contribution in [0.4, 0.5) is 8.96 Å². The first-order valence-corrected chi connectivity index (χ1v) is 3.99. The highest BCUT2D eigenvalue weighted by atomic mass is 19.4. The standard InChI is InChI=1S/C9H9F2NO2/c10-12(11)8(9(13)14)6-7-4-2-1-3-5-7/h1-5,8H,6H2,(H,13,14)/t8-/m0/s1. The van der Waals surface area contributed by atoms with Crippen LogP contribution in [-0.2, 0) is 11.2 Å². The summed E-state index contributed by atoms with van der Waals surface area (Å²) >= 11 is 0. The zero-order valence-corrected chi connectivity index (χ0v) is 7.23. The largest absolute Gasteiger partial charge is 0.480 e. The van der Waals surface area contributed by atoms with E-state index in [1.807, 2.05) is 0 Å². The molecule has 0 unspecified atom stereocenters. The van der Waals surface area contributed by atoms with Gasteiger partial charge >= 0.3 is 5.97 Å². The molecule has 76 valence electrons. The van der Waals surface area contributed by atoms with Crippen molar-refractivity contribution in [1.82, 2.24) is 5.34 Å². The molecule has 5 heteroatoms. The van der Waals surface area contributed by atoms with Crippen LogP contribution >= 0.6 is 0 Å². The molecule has 0 heterocycles. The number of hydrogen-bond acceptors (Lipinski definition) is 2. The van der Waals surface area contributed by atoms with Crippen molar-refractivity contribution < 1.29 is 18.9 Å². The minimum absolute atomic E-state index is 0.205. The van der Waals surface area contributed by atoms with E-state index in [1.165, 1.54) is 0 Å². The van der Waals surface area contributed by atoms with Crippen LogP contribution < -0.4 is 0 Å². The van der Waals surface area contributed by atoms with E-state index in [0.717, 1.165) is 0 Å². The fourth-order valence-corrected chi connectivity index (χ4v) is 1.08. The van der Waals surface area contributed by atoms with Gasteiger partial charge in [0.25, 0.3) is 0 Å². The number of halogens is 2. The van der Waals surface area contributed by atoms with Crippen molar-refractivity contribution in [3.63, 3.8) is 0 Å². The number of aliphatic carboxylic acids is 1. The Morgan fingerprint density at radius 1 is 1.36 bits per heavy atom. The highest BCUT2D eigenvalue weighted by Crippen LogP contribution is 2.10. The Balaban J connectivity index is 2.70. The maximum atomic E-state index is 12.1. The zero-order chi connectivity index (χ0) is 10.6. The summed E-state index contributed by atoms with van der Waals surface area (Å²) in [6, 6.07) is 6.53. The lowest BCUT2D eigenvalue weighted by molar-refractivity contribution is -0.200. The molecule has 0 saturated heterocycles. The molecule has 1 N–H and O–H groups in total. The molecule has 0 fully saturated rings. The maximum Gasteiger partial charge on any atom is 0.326 e. The highest BCUT2D eigenvalue weighted by molar-refractivity contribution is 5.73. The Kier molecular flexibility index (Phi) is 3.53. The summed E-state index contributed by atoms with van der Waals surface area (Å²) in [7, 11) is 0. The highest BCUT2D eigenvalue weighted by Gasteiger charge is 2.26. The molecule has 1 rings (SSSR count). The minimum Gasteiger partial charge on any atom is -0.480 e. The Morgan fingerprint density at radius 2 is 1.93 bits per heavy atom. The normalized spacial score (nSPS) is 12.8. The van der Waals surface area contributed by atoms with Crippen LogP contribution in [0.2, 0.25) is 0 Å². The van der Waals surface area contributed by atoms with E-state index in [-0.39, 0.29) is 6.42 Å². The van der Waals surface area contributed by atoms with Crippen molar-refractivity contribution in [1.29, 1.82) is 0 Å². The lowest BCUT2D eigenvalue weighted by Gasteiger charge is -2.11. The van der Waals surface area contributed by atoms with Gasteiger partial charge in [0.1, 0.15) is 0 Å². The molecule has 0 aliphatic rings. The minimum atomic E-state index is -1.78. The molecule has 0 amide bonds. The molecule has 0 spiro atoms. The smallest absolute Gasteiger partial charge is 0.326 e. The van der Waals surface area contributed by atoms with Gasteiger partial charge in [-0.05, 0) is 5.56 Å². The van der Waals surface area contributed by atoms with Gasteiger partial charge in [-0.2, -0.15) is 0 Å². The Hall–Kier alpha value is -1.49. The van der Waals surface area contributed by atoms with E-state index in [9.17, 15) is 13.8 Å². The van der Waals surface area contributed by atoms with Crippen molar-refractivity contribution in [2.75, 3.05) is 0 Å². The number of rotatable bonds is 4.